The topological polar surface area (TPSA) is 34.1 Å². The van der Waals surface area contributed by atoms with E-state index in [0.717, 1.165) is 23.4 Å². The third-order valence-electron chi connectivity index (χ3n) is 2.06. The fourth-order valence-corrected chi connectivity index (χ4v) is 1.49. The van der Waals surface area contributed by atoms with Crippen molar-refractivity contribution in [2.45, 2.75) is 12.5 Å². The van der Waals surface area contributed by atoms with Gasteiger partial charge in [-0.2, -0.15) is 0 Å². The van der Waals surface area contributed by atoms with Crippen molar-refractivity contribution < 1.29 is 4.74 Å². The predicted octanol–water partition coefficient (Wildman–Crippen LogP) is 1.58. The lowest BCUT2D eigenvalue weighted by Crippen LogP contribution is -2.61. The van der Waals surface area contributed by atoms with Crippen molar-refractivity contribution in [3.8, 4) is 5.75 Å². The lowest BCUT2D eigenvalue weighted by atomic mass is 10.0. The van der Waals surface area contributed by atoms with E-state index in [1.54, 1.807) is 6.20 Å². The molecule has 13 heavy (non-hydrogen) atoms. The molecule has 0 amide bonds. The van der Waals surface area contributed by atoms with Crippen LogP contribution in [0.4, 0.5) is 0 Å². The molecular weight excluding hydrogens is 232 g/mol. The molecule has 1 aromatic heterocycles. The third-order valence-corrected chi connectivity index (χ3v) is 2.53. The van der Waals surface area contributed by atoms with Crippen LogP contribution < -0.4 is 10.1 Å². The summed E-state index contributed by atoms with van der Waals surface area (Å²) in [5.74, 6) is 0.826. The number of nitrogens with zero attached hydrogens (tertiary/aromatic N) is 1. The number of halogens is 1. The summed E-state index contributed by atoms with van der Waals surface area (Å²) in [6.45, 7) is 3.90. The Bertz CT molecular complexity index is 295. The van der Waals surface area contributed by atoms with Crippen molar-refractivity contribution in [3.63, 3.8) is 0 Å². The van der Waals surface area contributed by atoms with Crippen LogP contribution >= 0.6 is 15.9 Å². The Hall–Kier alpha value is -0.610. The summed E-state index contributed by atoms with van der Waals surface area (Å²) in [4.78, 5) is 4.09. The minimum Gasteiger partial charge on any atom is -0.483 e. The van der Waals surface area contributed by atoms with Gasteiger partial charge in [0.25, 0.3) is 0 Å². The average Bonchev–Trinajstić information content (AvgIpc) is 2.06. The molecule has 1 aromatic rings. The van der Waals surface area contributed by atoms with Gasteiger partial charge in [-0.25, -0.2) is 4.98 Å². The van der Waals surface area contributed by atoms with E-state index in [9.17, 15) is 0 Å². The number of ether oxygens (including phenoxy) is 1. The number of hydrogen-bond donors (Lipinski definition) is 1. The zero-order chi connectivity index (χ0) is 9.31. The minimum atomic E-state index is -0.0461. The Morgan fingerprint density at radius 2 is 2.31 bits per heavy atom. The van der Waals surface area contributed by atoms with Crippen LogP contribution in [0.3, 0.4) is 0 Å². The van der Waals surface area contributed by atoms with Crippen molar-refractivity contribution in [1.29, 1.82) is 0 Å². The maximum absolute atomic E-state index is 5.75. The standard InChI is InChI=1S/C9H11BrN2O/c1-9(5-11-6-9)13-7-2-3-8(10)12-4-7/h2-4,11H,5-6H2,1H3. The van der Waals surface area contributed by atoms with Gasteiger partial charge in [-0.3, -0.25) is 0 Å². The molecule has 1 fully saturated rings. The summed E-state index contributed by atoms with van der Waals surface area (Å²) >= 11 is 3.28. The monoisotopic (exact) mass is 242 g/mol. The SMILES string of the molecule is CC1(Oc2ccc(Br)nc2)CNC1. The van der Waals surface area contributed by atoms with Crippen LogP contribution in [0, 0.1) is 0 Å². The van der Waals surface area contributed by atoms with Crippen LogP contribution in [0.15, 0.2) is 22.9 Å². The first-order valence-electron chi connectivity index (χ1n) is 4.19. The molecule has 1 aliphatic rings. The largest absolute Gasteiger partial charge is 0.483 e. The van der Waals surface area contributed by atoms with E-state index in [2.05, 4.69) is 33.2 Å². The second-order valence-electron chi connectivity index (χ2n) is 3.47. The number of nitrogens with one attached hydrogen (secondary N) is 1. The van der Waals surface area contributed by atoms with Crippen molar-refractivity contribution in [1.82, 2.24) is 10.3 Å². The second-order valence-corrected chi connectivity index (χ2v) is 4.28. The van der Waals surface area contributed by atoms with Gasteiger partial charge >= 0.3 is 0 Å². The first-order chi connectivity index (χ1) is 6.18. The maximum Gasteiger partial charge on any atom is 0.138 e. The van der Waals surface area contributed by atoms with Gasteiger partial charge in [0.2, 0.25) is 0 Å². The van der Waals surface area contributed by atoms with Gasteiger partial charge < -0.3 is 10.1 Å². The number of aromatic nitrogens is 1. The van der Waals surface area contributed by atoms with Gasteiger partial charge in [0.15, 0.2) is 0 Å². The Kier molecular flexibility index (Phi) is 2.26. The average molecular weight is 243 g/mol. The summed E-state index contributed by atoms with van der Waals surface area (Å²) in [6, 6.07) is 3.80. The molecule has 3 nitrogen and oxygen atoms in total. The molecule has 0 radical (unpaired) electrons. The quantitative estimate of drug-likeness (QED) is 0.801. The molecule has 1 N–H and O–H groups in total. The van der Waals surface area contributed by atoms with Gasteiger partial charge in [-0.05, 0) is 35.0 Å². The van der Waals surface area contributed by atoms with E-state index in [1.807, 2.05) is 12.1 Å². The zero-order valence-electron chi connectivity index (χ0n) is 7.38. The molecular formula is C9H11BrN2O. The highest BCUT2D eigenvalue weighted by molar-refractivity contribution is 9.10. The molecule has 2 rings (SSSR count). The van der Waals surface area contributed by atoms with E-state index >= 15 is 0 Å². The van der Waals surface area contributed by atoms with Crippen LogP contribution in [0.5, 0.6) is 5.75 Å². The van der Waals surface area contributed by atoms with Crippen LogP contribution in [0.1, 0.15) is 6.92 Å². The summed E-state index contributed by atoms with van der Waals surface area (Å²) in [6.07, 6.45) is 1.73. The second kappa shape index (κ2) is 3.27. The van der Waals surface area contributed by atoms with Crippen LogP contribution in [-0.4, -0.2) is 23.7 Å². The van der Waals surface area contributed by atoms with E-state index in [0.29, 0.717) is 0 Å². The summed E-state index contributed by atoms with van der Waals surface area (Å²) < 4.78 is 6.58. The molecule has 4 heteroatoms. The third kappa shape index (κ3) is 2.00. The smallest absolute Gasteiger partial charge is 0.138 e. The highest BCUT2D eigenvalue weighted by atomic mass is 79.9. The number of pyridine rings is 1. The lowest BCUT2D eigenvalue weighted by Gasteiger charge is -2.39. The minimum absolute atomic E-state index is 0.0461. The fourth-order valence-electron chi connectivity index (χ4n) is 1.26. The molecule has 1 aliphatic heterocycles. The van der Waals surface area contributed by atoms with Crippen molar-refractivity contribution in [3.05, 3.63) is 22.9 Å². The first kappa shape index (κ1) is 8.97. The molecule has 70 valence electrons. The van der Waals surface area contributed by atoms with E-state index in [4.69, 9.17) is 4.74 Å². The van der Waals surface area contributed by atoms with Gasteiger partial charge in [0.1, 0.15) is 16.0 Å². The lowest BCUT2D eigenvalue weighted by molar-refractivity contribution is 0.0345. The Balaban J connectivity index is 2.05. The van der Waals surface area contributed by atoms with E-state index < -0.39 is 0 Å². The Labute approximate surface area is 85.6 Å². The summed E-state index contributed by atoms with van der Waals surface area (Å²) in [5, 5.41) is 3.18. The molecule has 0 atom stereocenters. The van der Waals surface area contributed by atoms with Crippen LogP contribution in [0.2, 0.25) is 0 Å². The Morgan fingerprint density at radius 1 is 1.54 bits per heavy atom. The normalized spacial score (nSPS) is 19.2. The van der Waals surface area contributed by atoms with Crippen molar-refractivity contribution in [2.75, 3.05) is 13.1 Å². The Morgan fingerprint density at radius 3 is 2.77 bits per heavy atom. The molecule has 0 aromatic carbocycles. The van der Waals surface area contributed by atoms with Crippen LogP contribution in [-0.2, 0) is 0 Å². The van der Waals surface area contributed by atoms with Crippen molar-refractivity contribution in [2.24, 2.45) is 0 Å². The van der Waals surface area contributed by atoms with Gasteiger partial charge in [-0.15, -0.1) is 0 Å². The molecule has 0 unspecified atom stereocenters. The zero-order valence-corrected chi connectivity index (χ0v) is 8.97. The maximum atomic E-state index is 5.75. The van der Waals surface area contributed by atoms with E-state index in [1.165, 1.54) is 0 Å². The molecule has 0 aliphatic carbocycles. The first-order valence-corrected chi connectivity index (χ1v) is 4.99. The highest BCUT2D eigenvalue weighted by Gasteiger charge is 2.33. The van der Waals surface area contributed by atoms with Gasteiger partial charge in [0.05, 0.1) is 6.20 Å². The predicted molar refractivity (Wildman–Crippen MR) is 53.8 cm³/mol. The highest BCUT2D eigenvalue weighted by Crippen LogP contribution is 2.21. The molecule has 2 heterocycles. The summed E-state index contributed by atoms with van der Waals surface area (Å²) in [7, 11) is 0. The molecule has 0 spiro atoms. The van der Waals surface area contributed by atoms with Crippen LogP contribution in [0.25, 0.3) is 0 Å². The number of rotatable bonds is 2. The van der Waals surface area contributed by atoms with E-state index in [-0.39, 0.29) is 5.60 Å². The van der Waals surface area contributed by atoms with Crippen molar-refractivity contribution >= 4 is 15.9 Å². The van der Waals surface area contributed by atoms with Gasteiger partial charge in [-0.1, -0.05) is 0 Å². The number of hydrogen-bond acceptors (Lipinski definition) is 3. The fraction of sp³-hybridized carbons (Fsp3) is 0.444. The summed E-state index contributed by atoms with van der Waals surface area (Å²) in [5.41, 5.74) is -0.0461. The van der Waals surface area contributed by atoms with Gasteiger partial charge in [0, 0.05) is 13.1 Å². The molecule has 0 saturated carbocycles. The molecule has 0 bridgehead atoms. The molecule has 1 saturated heterocycles.